The topological polar surface area (TPSA) is 109 Å². The van der Waals surface area contributed by atoms with E-state index >= 15 is 0 Å². The van der Waals surface area contributed by atoms with Gasteiger partial charge in [-0.1, -0.05) is 0 Å². The Bertz CT molecular complexity index is 2110. The molecule has 0 fully saturated rings. The highest BCUT2D eigenvalue weighted by atomic mass is 35.5. The third kappa shape index (κ3) is 6.38. The molecule has 0 saturated heterocycles. The van der Waals surface area contributed by atoms with Crippen LogP contribution < -0.4 is 0 Å². The number of carboxylic acid groups (broad SMARTS) is 2. The minimum Gasteiger partial charge on any atom is -0.478 e. The smallest absolute Gasteiger partial charge is 0.337 e. The normalized spacial score (nSPS) is 11.2. The van der Waals surface area contributed by atoms with Crippen LogP contribution in [0.25, 0.3) is 57.8 Å². The number of carbonyl (C=O) groups excluding carboxylic acids is 2. The Morgan fingerprint density at radius 1 is 0.438 bits per heavy atom. The van der Waals surface area contributed by atoms with E-state index in [1.165, 1.54) is 68.0 Å². The van der Waals surface area contributed by atoms with Crippen LogP contribution in [0.4, 0.5) is 0 Å². The van der Waals surface area contributed by atoms with E-state index in [2.05, 4.69) is 12.1 Å². The van der Waals surface area contributed by atoms with E-state index in [1.54, 1.807) is 57.7 Å². The van der Waals surface area contributed by atoms with E-state index in [9.17, 15) is 29.4 Å². The molecule has 240 valence electrons. The largest absolute Gasteiger partial charge is 0.478 e. The van der Waals surface area contributed by atoms with Crippen molar-refractivity contribution in [1.29, 1.82) is 0 Å². The van der Waals surface area contributed by atoms with Crippen LogP contribution in [-0.2, 0) is 0 Å². The zero-order chi connectivity index (χ0) is 33.7. The fraction of sp³-hybridized carbons (Fsp3) is 0. The highest BCUT2D eigenvalue weighted by Gasteiger charge is 2.21. The summed E-state index contributed by atoms with van der Waals surface area (Å²) in [6.07, 6.45) is 0. The van der Waals surface area contributed by atoms with Crippen molar-refractivity contribution in [2.45, 2.75) is 0 Å². The average molecular weight is 822 g/mol. The van der Waals surface area contributed by atoms with E-state index < -0.39 is 22.4 Å². The molecule has 48 heavy (non-hydrogen) atoms. The molecule has 0 radical (unpaired) electrons. The zero-order valence-electron chi connectivity index (χ0n) is 23.5. The van der Waals surface area contributed by atoms with Crippen LogP contribution in [0.2, 0.25) is 0 Å². The molecule has 2 N–H and O–H groups in total. The zero-order valence-corrected chi connectivity index (χ0v) is 31.5. The molecule has 0 aliphatic rings. The van der Waals surface area contributed by atoms with E-state index in [-0.39, 0.29) is 0 Å². The van der Waals surface area contributed by atoms with E-state index in [1.807, 2.05) is 22.9 Å². The molecule has 8 aromatic rings. The summed E-state index contributed by atoms with van der Waals surface area (Å²) in [5, 5.41) is 24.9. The van der Waals surface area contributed by atoms with Gasteiger partial charge in [0, 0.05) is 38.3 Å². The lowest BCUT2D eigenvalue weighted by Crippen LogP contribution is -1.94. The summed E-state index contributed by atoms with van der Waals surface area (Å²) < 4.78 is 4.32. The molecule has 8 heterocycles. The van der Waals surface area contributed by atoms with Crippen molar-refractivity contribution >= 4 is 155 Å². The summed E-state index contributed by atoms with van der Waals surface area (Å²) >= 11 is 23.4. The summed E-state index contributed by atoms with van der Waals surface area (Å²) in [5.74, 6) is -1.85. The van der Waals surface area contributed by atoms with Gasteiger partial charge in [0.25, 0.3) is 10.5 Å². The number of rotatable bonds is 8. The number of carboxylic acids is 2. The first kappa shape index (κ1) is 33.5. The molecule has 0 spiro atoms. The van der Waals surface area contributed by atoms with Gasteiger partial charge in [-0.2, -0.15) is 0 Å². The van der Waals surface area contributed by atoms with Gasteiger partial charge in [-0.15, -0.1) is 90.7 Å². The van der Waals surface area contributed by atoms with E-state index in [0.717, 1.165) is 57.8 Å². The van der Waals surface area contributed by atoms with Gasteiger partial charge >= 0.3 is 11.9 Å². The Morgan fingerprint density at radius 3 is 0.938 bits per heavy atom. The van der Waals surface area contributed by atoms with Gasteiger partial charge in [0.05, 0.1) is 41.8 Å². The number of thiophene rings is 8. The van der Waals surface area contributed by atoms with Crippen LogP contribution in [0.15, 0.2) is 70.1 Å². The van der Waals surface area contributed by atoms with Gasteiger partial charge in [-0.25, -0.2) is 9.59 Å². The summed E-state index contributed by atoms with van der Waals surface area (Å²) in [5.41, 5.74) is 1.73. The Hall–Kier alpha value is -3.02. The predicted octanol–water partition coefficient (Wildman–Crippen LogP) is 13.0. The first-order chi connectivity index (χ1) is 23.1. The molecule has 8 rings (SSSR count). The predicted molar refractivity (Wildman–Crippen MR) is 207 cm³/mol. The molecule has 0 aromatic carbocycles. The molecule has 0 bridgehead atoms. The Labute approximate surface area is 313 Å². The molecule has 8 aromatic heterocycles. The van der Waals surface area contributed by atoms with Crippen molar-refractivity contribution in [3.63, 3.8) is 0 Å². The number of hydrogen-bond acceptors (Lipinski definition) is 12. The number of halogens is 2. The van der Waals surface area contributed by atoms with Crippen LogP contribution in [0.1, 0.15) is 41.4 Å². The number of fused-ring (bicyclic) bond motifs is 2. The van der Waals surface area contributed by atoms with Crippen molar-refractivity contribution in [3.05, 3.63) is 92.3 Å². The quantitative estimate of drug-likeness (QED) is 0.148. The highest BCUT2D eigenvalue weighted by molar-refractivity contribution is 7.34. The highest BCUT2D eigenvalue weighted by Crippen LogP contribution is 2.47. The van der Waals surface area contributed by atoms with Crippen LogP contribution in [-0.4, -0.2) is 32.6 Å². The first-order valence-corrected chi connectivity index (χ1v) is 20.9. The second kappa shape index (κ2) is 13.7. The second-order valence-electron chi connectivity index (χ2n) is 9.71. The van der Waals surface area contributed by atoms with E-state index in [0.29, 0.717) is 22.3 Å². The molecule has 0 amide bonds. The lowest BCUT2D eigenvalue weighted by atomic mass is 10.2. The molecule has 16 heteroatoms. The molecular weight excluding hydrogens is 808 g/mol. The van der Waals surface area contributed by atoms with Crippen molar-refractivity contribution < 1.29 is 29.4 Å². The number of carbonyl (C=O) groups is 4. The van der Waals surface area contributed by atoms with Gasteiger partial charge in [0.1, 0.15) is 0 Å². The molecular formula is C32H14Cl2O6S8. The van der Waals surface area contributed by atoms with Crippen molar-refractivity contribution in [3.8, 4) is 39.0 Å². The Balaban J connectivity index is 0.000000152. The second-order valence-corrected chi connectivity index (χ2v) is 18.4. The summed E-state index contributed by atoms with van der Waals surface area (Å²) in [4.78, 5) is 52.8. The third-order valence-electron chi connectivity index (χ3n) is 6.85. The van der Waals surface area contributed by atoms with Gasteiger partial charge in [0.15, 0.2) is 0 Å². The summed E-state index contributed by atoms with van der Waals surface area (Å²) in [6, 6.07) is 14.8. The summed E-state index contributed by atoms with van der Waals surface area (Å²) in [6.45, 7) is 0. The van der Waals surface area contributed by atoms with Gasteiger partial charge in [-0.3, -0.25) is 9.59 Å². The molecule has 0 aliphatic carbocycles. The lowest BCUT2D eigenvalue weighted by molar-refractivity contribution is 0.0687. The van der Waals surface area contributed by atoms with Crippen LogP contribution in [0, 0.1) is 0 Å². The SMILES string of the molecule is O=C(Cl)c1ccsc1-c1cc2sc(-c3sccc3C(=O)Cl)cc2s1.O=C(O)c1ccsc1-c1cc2sc(-c3sccc3C(=O)O)cc2s1. The minimum atomic E-state index is -0.923. The molecule has 0 saturated carbocycles. The lowest BCUT2D eigenvalue weighted by Gasteiger charge is -1.96. The van der Waals surface area contributed by atoms with E-state index in [4.69, 9.17) is 23.2 Å². The van der Waals surface area contributed by atoms with Gasteiger partial charge in [0.2, 0.25) is 0 Å². The third-order valence-corrected chi connectivity index (χ3v) is 16.2. The molecule has 0 unspecified atom stereocenters. The maximum Gasteiger partial charge on any atom is 0.337 e. The molecule has 0 atom stereocenters. The maximum atomic E-state index is 11.5. The fourth-order valence-corrected chi connectivity index (χ4v) is 14.1. The molecule has 0 aliphatic heterocycles. The van der Waals surface area contributed by atoms with Crippen LogP contribution >= 0.6 is 114 Å². The standard InChI is InChI=1S/C16H6Cl2O2S4.C16H8O4S4/c17-15(19)7-1-3-21-13(7)11-5-9-10(23-11)6-12(24-9)14-8(16(18)20)2-4-22-14;17-15(18)7-1-3-21-13(7)11-5-9-10(23-11)6-12(24-9)14-8(16(19)20)2-4-22-14/h1-6H;1-6H,(H,17,18)(H,19,20). The van der Waals surface area contributed by atoms with Crippen molar-refractivity contribution in [1.82, 2.24) is 0 Å². The van der Waals surface area contributed by atoms with Crippen LogP contribution in [0.5, 0.6) is 0 Å². The monoisotopic (exact) mass is 820 g/mol. The van der Waals surface area contributed by atoms with Crippen molar-refractivity contribution in [2.24, 2.45) is 0 Å². The Kier molecular flexibility index (Phi) is 9.56. The first-order valence-electron chi connectivity index (χ1n) is 13.3. The molecule has 6 nitrogen and oxygen atoms in total. The van der Waals surface area contributed by atoms with Gasteiger partial charge < -0.3 is 10.2 Å². The van der Waals surface area contributed by atoms with Crippen molar-refractivity contribution in [2.75, 3.05) is 0 Å². The minimum absolute atomic E-state index is 0.320. The average Bonchev–Trinajstić information content (AvgIpc) is 3.88. The Morgan fingerprint density at radius 2 is 0.688 bits per heavy atom. The van der Waals surface area contributed by atoms with Crippen LogP contribution in [0.3, 0.4) is 0 Å². The number of aromatic carboxylic acids is 2. The van der Waals surface area contributed by atoms with Gasteiger partial charge in [-0.05, 0) is 93.3 Å². The number of hydrogen-bond donors (Lipinski definition) is 2. The summed E-state index contributed by atoms with van der Waals surface area (Å²) in [7, 11) is 0. The maximum absolute atomic E-state index is 11.5. The fourth-order valence-electron chi connectivity index (χ4n) is 4.77.